The number of hydrogen-bond acceptors (Lipinski definition) is 2. The molecule has 2 aromatic rings. The summed E-state index contributed by atoms with van der Waals surface area (Å²) in [7, 11) is -4.27. The number of aryl methyl sites for hydroxylation is 1. The van der Waals surface area contributed by atoms with Crippen LogP contribution in [0.1, 0.15) is 5.56 Å². The van der Waals surface area contributed by atoms with Gasteiger partial charge in [-0.1, -0.05) is 12.1 Å². The monoisotopic (exact) mass is 301 g/mol. The molecule has 0 bridgehead atoms. The molecule has 0 unspecified atom stereocenters. The summed E-state index contributed by atoms with van der Waals surface area (Å²) in [6.45, 7) is 1.47. The highest BCUT2D eigenvalue weighted by molar-refractivity contribution is 7.92. The van der Waals surface area contributed by atoms with E-state index in [0.29, 0.717) is 18.2 Å². The molecule has 0 saturated heterocycles. The maximum absolute atomic E-state index is 13.7. The number of benzene rings is 2. The largest absolute Gasteiger partial charge is 0.277 e. The minimum atomic E-state index is -4.27. The molecule has 106 valence electrons. The van der Waals surface area contributed by atoms with Crippen LogP contribution in [0.2, 0.25) is 0 Å². The van der Waals surface area contributed by atoms with E-state index in [0.717, 1.165) is 0 Å². The van der Waals surface area contributed by atoms with Gasteiger partial charge in [-0.25, -0.2) is 21.6 Å². The normalized spacial score (nSPS) is 11.4. The lowest BCUT2D eigenvalue weighted by molar-refractivity contribution is 0.568. The van der Waals surface area contributed by atoms with E-state index >= 15 is 0 Å². The van der Waals surface area contributed by atoms with Gasteiger partial charge in [-0.3, -0.25) is 4.72 Å². The fourth-order valence-corrected chi connectivity index (χ4v) is 2.71. The molecule has 20 heavy (non-hydrogen) atoms. The second-order valence-electron chi connectivity index (χ2n) is 4.15. The van der Waals surface area contributed by atoms with Gasteiger partial charge in [0.05, 0.1) is 10.6 Å². The first-order valence-electron chi connectivity index (χ1n) is 5.53. The van der Waals surface area contributed by atoms with Gasteiger partial charge in [0, 0.05) is 6.07 Å². The highest BCUT2D eigenvalue weighted by Crippen LogP contribution is 2.22. The van der Waals surface area contributed by atoms with E-state index < -0.39 is 32.4 Å². The third-order valence-electron chi connectivity index (χ3n) is 2.58. The third kappa shape index (κ3) is 2.93. The fourth-order valence-electron chi connectivity index (χ4n) is 1.61. The molecule has 0 amide bonds. The van der Waals surface area contributed by atoms with Crippen LogP contribution in [0.25, 0.3) is 0 Å². The highest BCUT2D eigenvalue weighted by atomic mass is 32.2. The van der Waals surface area contributed by atoms with Crippen LogP contribution in [0.5, 0.6) is 0 Å². The highest BCUT2D eigenvalue weighted by Gasteiger charge is 2.18. The predicted octanol–water partition coefficient (Wildman–Crippen LogP) is 3.21. The number of halogens is 3. The van der Waals surface area contributed by atoms with Crippen molar-refractivity contribution in [2.75, 3.05) is 4.72 Å². The summed E-state index contributed by atoms with van der Waals surface area (Å²) in [4.78, 5) is -0.615. The van der Waals surface area contributed by atoms with Gasteiger partial charge in [0.15, 0.2) is 0 Å². The standard InChI is InChI=1S/C13H10F3NO2S/c1-8-3-2-4-12(13(8)16)17-20(18,19)11-6-9(14)5-10(15)7-11/h2-7,17H,1H3. The van der Waals surface area contributed by atoms with Crippen LogP contribution in [0.4, 0.5) is 18.9 Å². The topological polar surface area (TPSA) is 46.2 Å². The van der Waals surface area contributed by atoms with Crippen LogP contribution in [-0.4, -0.2) is 8.42 Å². The lowest BCUT2D eigenvalue weighted by Gasteiger charge is -2.10. The molecular weight excluding hydrogens is 291 g/mol. The van der Waals surface area contributed by atoms with E-state index in [1.54, 1.807) is 0 Å². The van der Waals surface area contributed by atoms with Crippen molar-refractivity contribution in [2.45, 2.75) is 11.8 Å². The van der Waals surface area contributed by atoms with Gasteiger partial charge in [-0.05, 0) is 30.7 Å². The SMILES string of the molecule is Cc1cccc(NS(=O)(=O)c2cc(F)cc(F)c2)c1F. The first-order chi connectivity index (χ1) is 9.29. The van der Waals surface area contributed by atoms with Crippen molar-refractivity contribution >= 4 is 15.7 Å². The Hall–Kier alpha value is -2.02. The van der Waals surface area contributed by atoms with Gasteiger partial charge in [-0.15, -0.1) is 0 Å². The molecule has 0 heterocycles. The summed E-state index contributed by atoms with van der Waals surface area (Å²) in [6.07, 6.45) is 0. The molecule has 0 atom stereocenters. The zero-order valence-electron chi connectivity index (χ0n) is 10.3. The minimum absolute atomic E-state index is 0.246. The first kappa shape index (κ1) is 14.4. The average molecular weight is 301 g/mol. The molecule has 2 aromatic carbocycles. The van der Waals surface area contributed by atoms with Gasteiger partial charge >= 0.3 is 0 Å². The molecule has 1 N–H and O–H groups in total. The smallest absolute Gasteiger partial charge is 0.262 e. The Morgan fingerprint density at radius 2 is 1.60 bits per heavy atom. The number of anilines is 1. The maximum Gasteiger partial charge on any atom is 0.262 e. The Bertz CT molecular complexity index is 740. The quantitative estimate of drug-likeness (QED) is 0.946. The van der Waals surface area contributed by atoms with Crippen LogP contribution in [-0.2, 0) is 10.0 Å². The molecule has 3 nitrogen and oxygen atoms in total. The molecule has 7 heteroatoms. The molecule has 0 aliphatic rings. The van der Waals surface area contributed by atoms with Crippen molar-refractivity contribution in [2.24, 2.45) is 0 Å². The molecule has 0 saturated carbocycles. The van der Waals surface area contributed by atoms with Crippen molar-refractivity contribution in [1.29, 1.82) is 0 Å². The Morgan fingerprint density at radius 3 is 2.20 bits per heavy atom. The predicted molar refractivity (Wildman–Crippen MR) is 68.3 cm³/mol. The zero-order chi connectivity index (χ0) is 14.9. The zero-order valence-corrected chi connectivity index (χ0v) is 11.1. The Morgan fingerprint density at radius 1 is 1.00 bits per heavy atom. The van der Waals surface area contributed by atoms with Crippen LogP contribution in [0.15, 0.2) is 41.3 Å². The van der Waals surface area contributed by atoms with Gasteiger partial charge in [0.2, 0.25) is 0 Å². The van der Waals surface area contributed by atoms with E-state index in [4.69, 9.17) is 0 Å². The average Bonchev–Trinajstić information content (AvgIpc) is 2.33. The van der Waals surface area contributed by atoms with Crippen LogP contribution < -0.4 is 4.72 Å². The van der Waals surface area contributed by atoms with Crippen LogP contribution in [0.3, 0.4) is 0 Å². The summed E-state index contributed by atoms with van der Waals surface area (Å²) < 4.78 is 65.7. The van der Waals surface area contributed by atoms with Crippen molar-refractivity contribution in [3.63, 3.8) is 0 Å². The summed E-state index contributed by atoms with van der Waals surface area (Å²) >= 11 is 0. The Balaban J connectivity index is 2.43. The molecule has 0 aliphatic carbocycles. The molecular formula is C13H10F3NO2S. The minimum Gasteiger partial charge on any atom is -0.277 e. The Kier molecular flexibility index (Phi) is 3.71. The van der Waals surface area contributed by atoms with Crippen molar-refractivity contribution in [3.8, 4) is 0 Å². The number of sulfonamides is 1. The van der Waals surface area contributed by atoms with E-state index in [-0.39, 0.29) is 11.3 Å². The van der Waals surface area contributed by atoms with Gasteiger partial charge < -0.3 is 0 Å². The number of hydrogen-bond donors (Lipinski definition) is 1. The van der Waals surface area contributed by atoms with Crippen molar-refractivity contribution < 1.29 is 21.6 Å². The van der Waals surface area contributed by atoms with E-state index in [1.165, 1.54) is 25.1 Å². The number of nitrogens with one attached hydrogen (secondary N) is 1. The van der Waals surface area contributed by atoms with E-state index in [1.807, 2.05) is 4.72 Å². The van der Waals surface area contributed by atoms with E-state index in [2.05, 4.69) is 0 Å². The third-order valence-corrected chi connectivity index (χ3v) is 3.93. The van der Waals surface area contributed by atoms with Crippen LogP contribution >= 0.6 is 0 Å². The van der Waals surface area contributed by atoms with Gasteiger partial charge in [0.1, 0.15) is 17.5 Å². The molecule has 0 spiro atoms. The van der Waals surface area contributed by atoms with Gasteiger partial charge in [-0.2, -0.15) is 0 Å². The van der Waals surface area contributed by atoms with E-state index in [9.17, 15) is 21.6 Å². The number of rotatable bonds is 3. The summed E-state index contributed by atoms with van der Waals surface area (Å²) in [5.74, 6) is -2.81. The molecule has 0 aliphatic heterocycles. The maximum atomic E-state index is 13.7. The van der Waals surface area contributed by atoms with Gasteiger partial charge in [0.25, 0.3) is 10.0 Å². The second kappa shape index (κ2) is 5.16. The molecule has 0 aromatic heterocycles. The van der Waals surface area contributed by atoms with Crippen molar-refractivity contribution in [1.82, 2.24) is 0 Å². The van der Waals surface area contributed by atoms with Crippen molar-refractivity contribution in [3.05, 3.63) is 59.4 Å². The molecule has 0 fully saturated rings. The summed E-state index contributed by atoms with van der Waals surface area (Å²) in [5.41, 5.74) is -0.0368. The Labute approximate surface area is 114 Å². The fraction of sp³-hybridized carbons (Fsp3) is 0.0769. The molecule has 0 radical (unpaired) electrons. The summed E-state index contributed by atoms with van der Waals surface area (Å²) in [5, 5.41) is 0. The lowest BCUT2D eigenvalue weighted by Crippen LogP contribution is -2.14. The lowest BCUT2D eigenvalue weighted by atomic mass is 10.2. The molecule has 2 rings (SSSR count). The summed E-state index contributed by atoms with van der Waals surface area (Å²) in [6, 6.07) is 6.00. The van der Waals surface area contributed by atoms with Crippen LogP contribution in [0, 0.1) is 24.4 Å². The first-order valence-corrected chi connectivity index (χ1v) is 7.02. The second-order valence-corrected chi connectivity index (χ2v) is 5.83.